The zero-order chi connectivity index (χ0) is 24.0. The van der Waals surface area contributed by atoms with Crippen molar-refractivity contribution in [1.82, 2.24) is 29.1 Å². The predicted molar refractivity (Wildman–Crippen MR) is 128 cm³/mol. The number of aromatic nitrogens is 6. The number of rotatable bonds is 6. The van der Waals surface area contributed by atoms with Gasteiger partial charge in [0.15, 0.2) is 5.65 Å². The molecule has 0 bridgehead atoms. The third-order valence-corrected chi connectivity index (χ3v) is 6.00. The van der Waals surface area contributed by atoms with Gasteiger partial charge in [-0.05, 0) is 50.5 Å². The monoisotopic (exact) mass is 459 g/mol. The number of pyridine rings is 2. The van der Waals surface area contributed by atoms with Gasteiger partial charge < -0.3 is 4.98 Å². The van der Waals surface area contributed by atoms with Crippen molar-refractivity contribution in [1.29, 1.82) is 0 Å². The number of H-pyrrole nitrogens is 1. The summed E-state index contributed by atoms with van der Waals surface area (Å²) in [5.41, 5.74) is 1.98. The maximum Gasteiger partial charge on any atom is 0.333 e. The summed E-state index contributed by atoms with van der Waals surface area (Å²) in [6.45, 7) is 4.31. The second-order valence-corrected chi connectivity index (χ2v) is 8.58. The van der Waals surface area contributed by atoms with Crippen molar-refractivity contribution < 1.29 is 4.79 Å². The lowest BCUT2D eigenvalue weighted by Gasteiger charge is -2.16. The molecule has 0 atom stereocenters. The molecule has 4 aromatic rings. The highest BCUT2D eigenvalue weighted by Gasteiger charge is 2.30. The van der Waals surface area contributed by atoms with Crippen LogP contribution in [0.15, 0.2) is 46.2 Å². The molecule has 0 aromatic carbocycles. The molecule has 10 heteroatoms. The fourth-order valence-electron chi connectivity index (χ4n) is 3.97. The first-order valence-corrected chi connectivity index (χ1v) is 11.3. The van der Waals surface area contributed by atoms with E-state index in [0.29, 0.717) is 40.5 Å². The average Bonchev–Trinajstić information content (AvgIpc) is 3.58. The molecule has 0 aliphatic heterocycles. The Kier molecular flexibility index (Phi) is 5.35. The van der Waals surface area contributed by atoms with E-state index >= 15 is 0 Å². The number of fused-ring (bicyclic) bond motifs is 1. The van der Waals surface area contributed by atoms with Crippen LogP contribution >= 0.6 is 0 Å². The van der Waals surface area contributed by atoms with E-state index in [1.165, 1.54) is 9.47 Å². The van der Waals surface area contributed by atoms with E-state index in [1.807, 2.05) is 13.8 Å². The Bertz CT molecular complexity index is 1490. The number of anilines is 1. The number of aryl methyl sites for hydroxylation is 2. The lowest BCUT2D eigenvalue weighted by molar-refractivity contribution is 0.0992. The van der Waals surface area contributed by atoms with Crippen molar-refractivity contribution in [2.24, 2.45) is 0 Å². The number of amides is 1. The Hall–Kier alpha value is -4.08. The zero-order valence-electron chi connectivity index (χ0n) is 19.3. The first-order chi connectivity index (χ1) is 16.4. The van der Waals surface area contributed by atoms with Crippen LogP contribution in [0.3, 0.4) is 0 Å². The molecule has 0 saturated heterocycles. The molecular formula is C24H25N7O3. The number of hydrogen-bond donors (Lipinski definition) is 1. The summed E-state index contributed by atoms with van der Waals surface area (Å²) in [7, 11) is 1.65. The van der Waals surface area contributed by atoms with E-state index in [0.717, 1.165) is 25.0 Å². The normalized spacial score (nSPS) is 13.4. The van der Waals surface area contributed by atoms with Crippen molar-refractivity contribution in [2.45, 2.75) is 45.7 Å². The molecule has 174 valence electrons. The Morgan fingerprint density at radius 3 is 2.56 bits per heavy atom. The summed E-state index contributed by atoms with van der Waals surface area (Å²) in [5, 5.41) is 0. The van der Waals surface area contributed by atoms with E-state index in [1.54, 1.807) is 48.3 Å². The molecule has 34 heavy (non-hydrogen) atoms. The van der Waals surface area contributed by atoms with Crippen molar-refractivity contribution in [3.05, 3.63) is 68.8 Å². The van der Waals surface area contributed by atoms with Gasteiger partial charge in [0, 0.05) is 43.3 Å². The fraction of sp³-hybridized carbons (Fsp3) is 0.333. The SMILES string of the molecule is CCCn1c(=O)n(C2CC2)c(=O)c2[nH]c(-c3ccc(N(C)C(=O)c4ccc(C)nc4)nc3)nc21. The standard InChI is InChI=1S/C24H25N7O3/c1-4-11-30-21-19(23(33)31(24(30)34)17-8-9-17)27-20(28-21)15-7-10-18(26-12-15)29(3)22(32)16-6-5-14(2)25-13-16/h5-7,10,12-13,17H,4,8-9,11H2,1-3H3,(H,27,28). The third kappa shape index (κ3) is 3.70. The molecule has 1 N–H and O–H groups in total. The minimum absolute atomic E-state index is 0.0305. The van der Waals surface area contributed by atoms with Crippen LogP contribution < -0.4 is 16.1 Å². The van der Waals surface area contributed by atoms with E-state index in [-0.39, 0.29) is 23.2 Å². The highest BCUT2D eigenvalue weighted by Crippen LogP contribution is 2.32. The molecule has 1 aliphatic carbocycles. The van der Waals surface area contributed by atoms with Crippen LogP contribution in [0.2, 0.25) is 0 Å². The van der Waals surface area contributed by atoms with Crippen molar-refractivity contribution >= 4 is 22.9 Å². The quantitative estimate of drug-likeness (QED) is 0.474. The van der Waals surface area contributed by atoms with Crippen LogP contribution in [-0.4, -0.2) is 42.0 Å². The van der Waals surface area contributed by atoms with Crippen LogP contribution in [-0.2, 0) is 6.54 Å². The van der Waals surface area contributed by atoms with Gasteiger partial charge in [0.2, 0.25) is 0 Å². The van der Waals surface area contributed by atoms with Crippen LogP contribution in [0, 0.1) is 6.92 Å². The second-order valence-electron chi connectivity index (χ2n) is 8.58. The number of hydrogen-bond acceptors (Lipinski definition) is 6. The number of imidazole rings is 1. The topological polar surface area (TPSA) is 119 Å². The summed E-state index contributed by atoms with van der Waals surface area (Å²) in [6, 6.07) is 6.97. The van der Waals surface area contributed by atoms with Crippen molar-refractivity contribution in [2.75, 3.05) is 11.9 Å². The molecule has 4 heterocycles. The van der Waals surface area contributed by atoms with Gasteiger partial charge in [0.25, 0.3) is 11.5 Å². The van der Waals surface area contributed by atoms with Gasteiger partial charge in [-0.1, -0.05) is 6.92 Å². The lowest BCUT2D eigenvalue weighted by Crippen LogP contribution is -2.39. The molecule has 4 aromatic heterocycles. The maximum absolute atomic E-state index is 13.0. The Morgan fingerprint density at radius 2 is 1.94 bits per heavy atom. The van der Waals surface area contributed by atoms with E-state index in [9.17, 15) is 14.4 Å². The van der Waals surface area contributed by atoms with Gasteiger partial charge in [0.05, 0.1) is 5.56 Å². The Morgan fingerprint density at radius 1 is 1.15 bits per heavy atom. The van der Waals surface area contributed by atoms with E-state index in [2.05, 4.69) is 19.9 Å². The fourth-order valence-corrected chi connectivity index (χ4v) is 3.97. The molecule has 10 nitrogen and oxygen atoms in total. The summed E-state index contributed by atoms with van der Waals surface area (Å²) in [6.07, 6.45) is 5.55. The molecular weight excluding hydrogens is 434 g/mol. The van der Waals surface area contributed by atoms with Crippen LogP contribution in [0.25, 0.3) is 22.6 Å². The van der Waals surface area contributed by atoms with Gasteiger partial charge in [-0.25, -0.2) is 14.8 Å². The number of aromatic amines is 1. The molecule has 1 fully saturated rings. The maximum atomic E-state index is 13.0. The van der Waals surface area contributed by atoms with Gasteiger partial charge in [0.1, 0.15) is 17.2 Å². The third-order valence-electron chi connectivity index (χ3n) is 6.00. The zero-order valence-corrected chi connectivity index (χ0v) is 19.3. The summed E-state index contributed by atoms with van der Waals surface area (Å²) in [4.78, 5) is 56.4. The smallest absolute Gasteiger partial charge is 0.332 e. The van der Waals surface area contributed by atoms with Crippen LogP contribution in [0.4, 0.5) is 5.82 Å². The first kappa shape index (κ1) is 21.7. The molecule has 5 rings (SSSR count). The molecule has 1 aliphatic rings. The average molecular weight is 460 g/mol. The van der Waals surface area contributed by atoms with Crippen molar-refractivity contribution in [3.63, 3.8) is 0 Å². The molecule has 0 spiro atoms. The minimum atomic E-state index is -0.338. The Labute approximate surface area is 194 Å². The molecule has 0 radical (unpaired) electrons. The molecule has 0 unspecified atom stereocenters. The number of carbonyl (C=O) groups is 1. The van der Waals surface area contributed by atoms with Crippen molar-refractivity contribution in [3.8, 4) is 11.4 Å². The van der Waals surface area contributed by atoms with Gasteiger partial charge >= 0.3 is 5.69 Å². The largest absolute Gasteiger partial charge is 0.333 e. The molecule has 1 saturated carbocycles. The van der Waals surface area contributed by atoms with Gasteiger partial charge in [-0.15, -0.1) is 0 Å². The van der Waals surface area contributed by atoms with Crippen LogP contribution in [0.1, 0.15) is 48.3 Å². The van der Waals surface area contributed by atoms with E-state index < -0.39 is 0 Å². The summed E-state index contributed by atoms with van der Waals surface area (Å²) in [5.74, 6) is 0.686. The van der Waals surface area contributed by atoms with Crippen LogP contribution in [0.5, 0.6) is 0 Å². The van der Waals surface area contributed by atoms with Gasteiger partial charge in [-0.2, -0.15) is 0 Å². The highest BCUT2D eigenvalue weighted by molar-refractivity contribution is 6.05. The number of nitrogens with one attached hydrogen (secondary N) is 1. The van der Waals surface area contributed by atoms with E-state index in [4.69, 9.17) is 0 Å². The highest BCUT2D eigenvalue weighted by atomic mass is 16.2. The first-order valence-electron chi connectivity index (χ1n) is 11.3. The summed E-state index contributed by atoms with van der Waals surface area (Å²) < 4.78 is 2.92. The predicted octanol–water partition coefficient (Wildman–Crippen LogP) is 2.67. The minimum Gasteiger partial charge on any atom is -0.332 e. The number of nitrogens with zero attached hydrogens (tertiary/aromatic N) is 6. The number of carbonyl (C=O) groups excluding carboxylic acids is 1. The van der Waals surface area contributed by atoms with Gasteiger partial charge in [-0.3, -0.25) is 28.6 Å². The summed E-state index contributed by atoms with van der Waals surface area (Å²) >= 11 is 0. The molecule has 1 amide bonds. The lowest BCUT2D eigenvalue weighted by atomic mass is 10.2. The second kappa shape index (κ2) is 8.36. The Balaban J connectivity index is 1.49.